The highest BCUT2D eigenvalue weighted by molar-refractivity contribution is 6.01. The van der Waals surface area contributed by atoms with Crippen LogP contribution >= 0.6 is 0 Å². The summed E-state index contributed by atoms with van der Waals surface area (Å²) in [6.07, 6.45) is 4.79. The van der Waals surface area contributed by atoms with Crippen LogP contribution in [0, 0.1) is 23.7 Å². The molecular formula is C23H29N3O5. The maximum atomic E-state index is 13.7. The minimum Gasteiger partial charge on any atom is -0.480 e. The van der Waals surface area contributed by atoms with Crippen molar-refractivity contribution in [1.29, 1.82) is 0 Å². The van der Waals surface area contributed by atoms with Gasteiger partial charge >= 0.3 is 5.97 Å². The molecule has 166 valence electrons. The first-order chi connectivity index (χ1) is 14.8. The van der Waals surface area contributed by atoms with Crippen LogP contribution in [0.5, 0.6) is 0 Å². The van der Waals surface area contributed by atoms with Crippen molar-refractivity contribution in [1.82, 2.24) is 16.0 Å². The van der Waals surface area contributed by atoms with Crippen molar-refractivity contribution < 1.29 is 24.3 Å². The Morgan fingerprint density at radius 2 is 1.58 bits per heavy atom. The normalized spacial score (nSPS) is 31.5. The molecule has 4 aliphatic carbocycles. The largest absolute Gasteiger partial charge is 0.480 e. The van der Waals surface area contributed by atoms with E-state index in [0.717, 1.165) is 25.7 Å². The molecule has 8 heteroatoms. The number of carboxylic acids is 1. The molecular weight excluding hydrogens is 398 g/mol. The molecule has 0 aromatic heterocycles. The monoisotopic (exact) mass is 427 g/mol. The summed E-state index contributed by atoms with van der Waals surface area (Å²) in [4.78, 5) is 49.7. The standard InChI is InChI=1S/C23H29N3O5/c1-13(20(29)24-12-19(27)28)25-22(31)23(26-21(30)16-5-3-2-4-6-16)17-8-14-7-15(10-17)11-18(23)9-14/h2-6,13-15,17-18H,7-12H2,1H3,(H,24,29)(H,25,31)(H,26,30)(H,27,28)/t13-,14?,15?,17?,18?,23?/m0/s1. The predicted molar refractivity (Wildman–Crippen MR) is 112 cm³/mol. The third kappa shape index (κ3) is 4.03. The molecule has 3 amide bonds. The lowest BCUT2D eigenvalue weighted by molar-refractivity contribution is -0.147. The van der Waals surface area contributed by atoms with Crippen molar-refractivity contribution >= 4 is 23.7 Å². The van der Waals surface area contributed by atoms with Crippen LogP contribution in [0.15, 0.2) is 30.3 Å². The fourth-order valence-corrected chi connectivity index (χ4v) is 6.11. The summed E-state index contributed by atoms with van der Waals surface area (Å²) in [7, 11) is 0. The Balaban J connectivity index is 1.57. The highest BCUT2D eigenvalue weighted by Gasteiger charge is 2.61. The van der Waals surface area contributed by atoms with Crippen molar-refractivity contribution in [2.75, 3.05) is 6.54 Å². The van der Waals surface area contributed by atoms with Gasteiger partial charge in [-0.15, -0.1) is 0 Å². The summed E-state index contributed by atoms with van der Waals surface area (Å²) in [5, 5.41) is 16.9. The Morgan fingerprint density at radius 3 is 2.13 bits per heavy atom. The van der Waals surface area contributed by atoms with Crippen LogP contribution in [-0.4, -0.2) is 46.9 Å². The Labute approximate surface area is 181 Å². The molecule has 0 heterocycles. The van der Waals surface area contributed by atoms with Gasteiger partial charge in [-0.1, -0.05) is 18.2 Å². The van der Waals surface area contributed by atoms with Crippen molar-refractivity contribution in [3.8, 4) is 0 Å². The number of amides is 3. The van der Waals surface area contributed by atoms with E-state index in [1.165, 1.54) is 13.3 Å². The Hall–Kier alpha value is -2.90. The van der Waals surface area contributed by atoms with Crippen molar-refractivity contribution in [3.05, 3.63) is 35.9 Å². The number of carboxylic acid groups (broad SMARTS) is 1. The van der Waals surface area contributed by atoms with Gasteiger partial charge in [0.1, 0.15) is 18.1 Å². The second kappa shape index (κ2) is 8.32. The van der Waals surface area contributed by atoms with E-state index in [0.29, 0.717) is 17.4 Å². The van der Waals surface area contributed by atoms with Gasteiger partial charge in [0, 0.05) is 5.56 Å². The smallest absolute Gasteiger partial charge is 0.322 e. The van der Waals surface area contributed by atoms with Crippen LogP contribution in [0.1, 0.15) is 49.4 Å². The lowest BCUT2D eigenvalue weighted by atomic mass is 9.48. The molecule has 0 radical (unpaired) electrons. The fourth-order valence-electron chi connectivity index (χ4n) is 6.11. The molecule has 1 aromatic rings. The molecule has 4 aliphatic rings. The Kier molecular flexibility index (Phi) is 5.73. The van der Waals surface area contributed by atoms with Crippen LogP contribution in [0.3, 0.4) is 0 Å². The molecule has 5 rings (SSSR count). The summed E-state index contributed by atoms with van der Waals surface area (Å²) < 4.78 is 0. The number of aliphatic carboxylic acids is 1. The van der Waals surface area contributed by atoms with Crippen LogP contribution in [0.4, 0.5) is 0 Å². The summed E-state index contributed by atoms with van der Waals surface area (Å²) in [5.74, 6) is -1.10. The summed E-state index contributed by atoms with van der Waals surface area (Å²) in [6, 6.07) is 7.94. The summed E-state index contributed by atoms with van der Waals surface area (Å²) in [5.41, 5.74) is -0.558. The Bertz CT molecular complexity index is 856. The first kappa shape index (κ1) is 21.3. The molecule has 1 atom stereocenters. The highest BCUT2D eigenvalue weighted by atomic mass is 16.4. The van der Waals surface area contributed by atoms with E-state index in [2.05, 4.69) is 16.0 Å². The van der Waals surface area contributed by atoms with E-state index in [1.54, 1.807) is 24.3 Å². The second-order valence-electron chi connectivity index (χ2n) is 9.30. The average molecular weight is 428 g/mol. The molecule has 0 aliphatic heterocycles. The molecule has 1 aromatic carbocycles. The van der Waals surface area contributed by atoms with Gasteiger partial charge in [0.05, 0.1) is 0 Å². The predicted octanol–water partition coefficient (Wildman–Crippen LogP) is 1.32. The van der Waals surface area contributed by atoms with Gasteiger partial charge in [-0.3, -0.25) is 19.2 Å². The Morgan fingerprint density at radius 1 is 1.00 bits per heavy atom. The van der Waals surface area contributed by atoms with E-state index >= 15 is 0 Å². The quantitative estimate of drug-likeness (QED) is 0.522. The fraction of sp³-hybridized carbons (Fsp3) is 0.565. The second-order valence-corrected chi connectivity index (χ2v) is 9.30. The van der Waals surface area contributed by atoms with Crippen molar-refractivity contribution in [2.45, 2.75) is 50.6 Å². The number of hydrogen-bond acceptors (Lipinski definition) is 4. The first-order valence-corrected chi connectivity index (χ1v) is 11.0. The number of hydrogen-bond donors (Lipinski definition) is 4. The van der Waals surface area contributed by atoms with Crippen LogP contribution in [0.25, 0.3) is 0 Å². The van der Waals surface area contributed by atoms with Crippen LogP contribution in [0.2, 0.25) is 0 Å². The number of rotatable bonds is 7. The number of nitrogens with one attached hydrogen (secondary N) is 3. The molecule has 4 fully saturated rings. The molecule has 8 nitrogen and oxygen atoms in total. The van der Waals surface area contributed by atoms with E-state index in [1.807, 2.05) is 6.07 Å². The van der Waals surface area contributed by atoms with Crippen LogP contribution < -0.4 is 16.0 Å². The number of carbonyl (C=O) groups is 4. The SMILES string of the molecule is C[C@H](NC(=O)C1(NC(=O)c2ccccc2)C2CC3CC(C2)CC1C3)C(=O)NCC(=O)O. The van der Waals surface area contributed by atoms with Gasteiger partial charge < -0.3 is 21.1 Å². The minimum atomic E-state index is -1.15. The summed E-state index contributed by atoms with van der Waals surface area (Å²) in [6.45, 7) is 1.02. The number of carbonyl (C=O) groups excluding carboxylic acids is 3. The van der Waals surface area contributed by atoms with Gasteiger partial charge in [-0.2, -0.15) is 0 Å². The van der Waals surface area contributed by atoms with Crippen LogP contribution in [-0.2, 0) is 14.4 Å². The zero-order valence-electron chi connectivity index (χ0n) is 17.6. The number of benzene rings is 1. The molecule has 0 unspecified atom stereocenters. The van der Waals surface area contributed by atoms with Gasteiger partial charge in [-0.25, -0.2) is 0 Å². The van der Waals surface area contributed by atoms with E-state index in [4.69, 9.17) is 5.11 Å². The molecule has 4 N–H and O–H groups in total. The maximum absolute atomic E-state index is 13.7. The maximum Gasteiger partial charge on any atom is 0.322 e. The summed E-state index contributed by atoms with van der Waals surface area (Å²) >= 11 is 0. The molecule has 0 saturated heterocycles. The van der Waals surface area contributed by atoms with Gasteiger partial charge in [0.2, 0.25) is 11.8 Å². The third-order valence-electron chi connectivity index (χ3n) is 7.31. The van der Waals surface area contributed by atoms with Gasteiger partial charge in [0.25, 0.3) is 5.91 Å². The lowest BCUT2D eigenvalue weighted by Crippen LogP contribution is -2.73. The molecule has 4 bridgehead atoms. The highest BCUT2D eigenvalue weighted by Crippen LogP contribution is 2.58. The topological polar surface area (TPSA) is 125 Å². The zero-order valence-corrected chi connectivity index (χ0v) is 17.6. The lowest BCUT2D eigenvalue weighted by Gasteiger charge is -2.60. The van der Waals surface area contributed by atoms with E-state index in [-0.39, 0.29) is 23.7 Å². The molecule has 31 heavy (non-hydrogen) atoms. The van der Waals surface area contributed by atoms with Crippen molar-refractivity contribution in [3.63, 3.8) is 0 Å². The minimum absolute atomic E-state index is 0.0330. The molecule has 0 spiro atoms. The van der Waals surface area contributed by atoms with E-state index in [9.17, 15) is 19.2 Å². The zero-order chi connectivity index (χ0) is 22.2. The van der Waals surface area contributed by atoms with E-state index < -0.39 is 30.0 Å². The first-order valence-electron chi connectivity index (χ1n) is 11.0. The third-order valence-corrected chi connectivity index (χ3v) is 7.31. The van der Waals surface area contributed by atoms with Gasteiger partial charge in [-0.05, 0) is 74.8 Å². The average Bonchev–Trinajstić information content (AvgIpc) is 2.74. The van der Waals surface area contributed by atoms with Crippen molar-refractivity contribution in [2.24, 2.45) is 23.7 Å². The molecule has 4 saturated carbocycles. The van der Waals surface area contributed by atoms with Gasteiger partial charge in [0.15, 0.2) is 0 Å².